The van der Waals surface area contributed by atoms with Crippen LogP contribution in [0.15, 0.2) is 4.99 Å². The molecule has 0 fully saturated rings. The molecular weight excluding hydrogens is 124 g/mol. The van der Waals surface area contributed by atoms with E-state index in [0.717, 1.165) is 6.42 Å². The van der Waals surface area contributed by atoms with Gasteiger partial charge in [0.15, 0.2) is 0 Å². The van der Waals surface area contributed by atoms with E-state index in [2.05, 4.69) is 23.7 Å². The molecule has 2 heteroatoms. The zero-order valence-electron chi connectivity index (χ0n) is 7.68. The van der Waals surface area contributed by atoms with Crippen molar-refractivity contribution in [2.24, 2.45) is 10.9 Å². The molecule has 0 aliphatic carbocycles. The van der Waals surface area contributed by atoms with Gasteiger partial charge in [0.25, 0.3) is 0 Å². The monoisotopic (exact) mass is 142 g/mol. The van der Waals surface area contributed by atoms with Crippen LogP contribution >= 0.6 is 0 Å². The Labute approximate surface area is 63.9 Å². The maximum absolute atomic E-state index is 4.20. The van der Waals surface area contributed by atoms with Crippen LogP contribution in [0, 0.1) is 5.92 Å². The summed E-state index contributed by atoms with van der Waals surface area (Å²) in [6.07, 6.45) is 1.16. The molecule has 0 aromatic heterocycles. The Bertz CT molecular complexity index is 116. The van der Waals surface area contributed by atoms with E-state index in [1.54, 1.807) is 0 Å². The van der Waals surface area contributed by atoms with Crippen LogP contribution in [0.4, 0.5) is 0 Å². The highest BCUT2D eigenvalue weighted by atomic mass is 15.1. The smallest absolute Gasteiger partial charge is 0.101 e. The highest BCUT2D eigenvalue weighted by Gasteiger charge is 2.08. The van der Waals surface area contributed by atoms with Gasteiger partial charge in [-0.25, -0.2) is 0 Å². The van der Waals surface area contributed by atoms with Gasteiger partial charge in [-0.2, -0.15) is 0 Å². The molecular formula is C8H18N2. The molecule has 0 rings (SSSR count). The molecule has 60 valence electrons. The molecule has 10 heavy (non-hydrogen) atoms. The van der Waals surface area contributed by atoms with Crippen molar-refractivity contribution in [1.82, 2.24) is 4.90 Å². The Hall–Kier alpha value is -0.530. The summed E-state index contributed by atoms with van der Waals surface area (Å²) in [5.41, 5.74) is 0. The van der Waals surface area contributed by atoms with Crippen molar-refractivity contribution < 1.29 is 0 Å². The van der Waals surface area contributed by atoms with Gasteiger partial charge in [-0.15, -0.1) is 0 Å². The van der Waals surface area contributed by atoms with Crippen molar-refractivity contribution in [3.63, 3.8) is 0 Å². The quantitative estimate of drug-likeness (QED) is 0.422. The fourth-order valence-corrected chi connectivity index (χ4v) is 1.04. The number of rotatable bonds is 2. The average molecular weight is 142 g/mol. The molecule has 0 amide bonds. The number of aliphatic imine (C=N–C) groups is 1. The topological polar surface area (TPSA) is 15.6 Å². The maximum Gasteiger partial charge on any atom is 0.101 e. The van der Waals surface area contributed by atoms with Crippen LogP contribution in [0.3, 0.4) is 0 Å². The second kappa shape index (κ2) is 4.31. The van der Waals surface area contributed by atoms with Gasteiger partial charge in [0, 0.05) is 27.1 Å². The Morgan fingerprint density at radius 3 is 2.10 bits per heavy atom. The second-order valence-corrected chi connectivity index (χ2v) is 2.79. The van der Waals surface area contributed by atoms with Crippen molar-refractivity contribution in [1.29, 1.82) is 0 Å². The molecule has 0 aliphatic rings. The minimum Gasteiger partial charge on any atom is -0.366 e. The summed E-state index contributed by atoms with van der Waals surface area (Å²) in [6, 6.07) is 0. The van der Waals surface area contributed by atoms with Gasteiger partial charge in [-0.3, -0.25) is 4.99 Å². The second-order valence-electron chi connectivity index (χ2n) is 2.79. The Morgan fingerprint density at radius 1 is 1.50 bits per heavy atom. The predicted molar refractivity (Wildman–Crippen MR) is 46.5 cm³/mol. The first-order valence-electron chi connectivity index (χ1n) is 3.77. The first-order valence-corrected chi connectivity index (χ1v) is 3.77. The van der Waals surface area contributed by atoms with E-state index in [-0.39, 0.29) is 0 Å². The fraction of sp³-hybridized carbons (Fsp3) is 0.875. The van der Waals surface area contributed by atoms with Gasteiger partial charge in [-0.1, -0.05) is 13.8 Å². The van der Waals surface area contributed by atoms with Gasteiger partial charge < -0.3 is 4.90 Å². The summed E-state index contributed by atoms with van der Waals surface area (Å²) in [4.78, 5) is 6.28. The minimum atomic E-state index is 0.583. The molecule has 0 bridgehead atoms. The lowest BCUT2D eigenvalue weighted by atomic mass is 10.1. The molecule has 0 aromatic carbocycles. The molecule has 2 nitrogen and oxygen atoms in total. The molecule has 0 aliphatic heterocycles. The average Bonchev–Trinajstić information content (AvgIpc) is 1.88. The lowest BCUT2D eigenvalue weighted by Gasteiger charge is -2.19. The molecule has 0 saturated carbocycles. The van der Waals surface area contributed by atoms with Crippen molar-refractivity contribution in [2.75, 3.05) is 21.1 Å². The standard InChI is InChI=1S/C8H18N2/c1-6-7(2)8(9-3)10(4)5/h7H,6H2,1-5H3. The molecule has 0 heterocycles. The summed E-state index contributed by atoms with van der Waals surface area (Å²) in [5.74, 6) is 1.77. The largest absolute Gasteiger partial charge is 0.366 e. The van der Waals surface area contributed by atoms with Gasteiger partial charge in [0.2, 0.25) is 0 Å². The summed E-state index contributed by atoms with van der Waals surface area (Å²) >= 11 is 0. The summed E-state index contributed by atoms with van der Waals surface area (Å²) < 4.78 is 0. The van der Waals surface area contributed by atoms with Crippen LogP contribution in [-0.2, 0) is 0 Å². The number of hydrogen-bond acceptors (Lipinski definition) is 1. The third-order valence-electron chi connectivity index (χ3n) is 1.74. The van der Waals surface area contributed by atoms with E-state index >= 15 is 0 Å². The molecule has 0 spiro atoms. The third kappa shape index (κ3) is 2.38. The zero-order chi connectivity index (χ0) is 8.15. The first-order chi connectivity index (χ1) is 4.63. The van der Waals surface area contributed by atoms with Crippen molar-refractivity contribution in [2.45, 2.75) is 20.3 Å². The van der Waals surface area contributed by atoms with Crippen LogP contribution in [0.2, 0.25) is 0 Å². The molecule has 1 atom stereocenters. The van der Waals surface area contributed by atoms with Crippen LogP contribution in [-0.4, -0.2) is 31.9 Å². The molecule has 0 N–H and O–H groups in total. The van der Waals surface area contributed by atoms with Crippen LogP contribution < -0.4 is 0 Å². The molecule has 1 unspecified atom stereocenters. The van der Waals surface area contributed by atoms with E-state index < -0.39 is 0 Å². The van der Waals surface area contributed by atoms with E-state index in [4.69, 9.17) is 0 Å². The lowest BCUT2D eigenvalue weighted by Crippen LogP contribution is -2.27. The summed E-state index contributed by atoms with van der Waals surface area (Å²) in [6.45, 7) is 4.38. The van der Waals surface area contributed by atoms with Crippen molar-refractivity contribution in [3.05, 3.63) is 0 Å². The van der Waals surface area contributed by atoms with Crippen molar-refractivity contribution in [3.8, 4) is 0 Å². The first kappa shape index (κ1) is 9.47. The Kier molecular flexibility index (Phi) is 4.08. The number of hydrogen-bond donors (Lipinski definition) is 0. The Morgan fingerprint density at radius 2 is 2.00 bits per heavy atom. The number of nitrogens with zero attached hydrogens (tertiary/aromatic N) is 2. The summed E-state index contributed by atoms with van der Waals surface area (Å²) in [5, 5.41) is 0. The third-order valence-corrected chi connectivity index (χ3v) is 1.74. The van der Waals surface area contributed by atoms with E-state index in [0.29, 0.717) is 5.92 Å². The number of amidine groups is 1. The van der Waals surface area contributed by atoms with E-state index in [1.807, 2.05) is 21.1 Å². The van der Waals surface area contributed by atoms with Gasteiger partial charge >= 0.3 is 0 Å². The molecule has 0 aromatic rings. The van der Waals surface area contributed by atoms with E-state index in [9.17, 15) is 0 Å². The maximum atomic E-state index is 4.20. The highest BCUT2D eigenvalue weighted by molar-refractivity contribution is 5.83. The Balaban J connectivity index is 4.08. The zero-order valence-corrected chi connectivity index (χ0v) is 7.68. The predicted octanol–water partition coefficient (Wildman–Crippen LogP) is 1.62. The normalized spacial score (nSPS) is 15.1. The highest BCUT2D eigenvalue weighted by Crippen LogP contribution is 2.04. The van der Waals surface area contributed by atoms with Crippen molar-refractivity contribution >= 4 is 5.84 Å². The van der Waals surface area contributed by atoms with Crippen LogP contribution in [0.25, 0.3) is 0 Å². The van der Waals surface area contributed by atoms with E-state index in [1.165, 1.54) is 5.84 Å². The van der Waals surface area contributed by atoms with Crippen LogP contribution in [0.1, 0.15) is 20.3 Å². The van der Waals surface area contributed by atoms with Crippen LogP contribution in [0.5, 0.6) is 0 Å². The van der Waals surface area contributed by atoms with Gasteiger partial charge in [0.05, 0.1) is 0 Å². The lowest BCUT2D eigenvalue weighted by molar-refractivity contribution is 0.551. The minimum absolute atomic E-state index is 0.583. The van der Waals surface area contributed by atoms with Gasteiger partial charge in [-0.05, 0) is 6.42 Å². The fourth-order valence-electron chi connectivity index (χ4n) is 1.04. The summed E-state index contributed by atoms with van der Waals surface area (Å²) in [7, 11) is 5.92. The SMILES string of the molecule is CCC(C)C(=NC)N(C)C. The molecule has 0 radical (unpaired) electrons. The van der Waals surface area contributed by atoms with Gasteiger partial charge in [0.1, 0.15) is 5.84 Å². The molecule has 0 saturated heterocycles.